The Kier molecular flexibility index (Phi) is 1.80. The van der Waals surface area contributed by atoms with Gasteiger partial charge in [0, 0.05) is 0 Å². The molecule has 1 aromatic heterocycles. The SMILES string of the molecule is CCCc1[nH][nH]c(=O)c1N. The fraction of sp³-hybridized carbons (Fsp3) is 0.500. The topological polar surface area (TPSA) is 74.7 Å². The van der Waals surface area contributed by atoms with Gasteiger partial charge in [0.05, 0.1) is 5.69 Å². The zero-order valence-corrected chi connectivity index (χ0v) is 5.90. The number of aromatic amines is 2. The van der Waals surface area contributed by atoms with Crippen LogP contribution in [0.3, 0.4) is 0 Å². The average Bonchev–Trinajstić information content (AvgIpc) is 2.20. The molecule has 0 saturated heterocycles. The Labute approximate surface area is 58.4 Å². The van der Waals surface area contributed by atoms with E-state index >= 15 is 0 Å². The van der Waals surface area contributed by atoms with Crippen molar-refractivity contribution >= 4 is 5.69 Å². The predicted octanol–water partition coefficient (Wildman–Crippen LogP) is 0.238. The molecule has 4 N–H and O–H groups in total. The number of aryl methyl sites for hydroxylation is 1. The number of hydrogen-bond donors (Lipinski definition) is 3. The van der Waals surface area contributed by atoms with Crippen molar-refractivity contribution in [3.8, 4) is 0 Å². The maximum atomic E-state index is 10.7. The summed E-state index contributed by atoms with van der Waals surface area (Å²) >= 11 is 0. The van der Waals surface area contributed by atoms with Gasteiger partial charge in [0.15, 0.2) is 0 Å². The highest BCUT2D eigenvalue weighted by molar-refractivity contribution is 5.39. The molecule has 0 aromatic carbocycles. The van der Waals surface area contributed by atoms with Gasteiger partial charge in [-0.1, -0.05) is 13.3 Å². The summed E-state index contributed by atoms with van der Waals surface area (Å²) in [6.07, 6.45) is 1.81. The molecule has 0 bridgehead atoms. The summed E-state index contributed by atoms with van der Waals surface area (Å²) in [7, 11) is 0. The first kappa shape index (κ1) is 6.92. The third kappa shape index (κ3) is 1.05. The molecule has 0 atom stereocenters. The minimum Gasteiger partial charge on any atom is -0.393 e. The van der Waals surface area contributed by atoms with Crippen LogP contribution in [0, 0.1) is 0 Å². The molecule has 0 fully saturated rings. The number of nitrogens with two attached hydrogens (primary N) is 1. The first-order chi connectivity index (χ1) is 4.75. The summed E-state index contributed by atoms with van der Waals surface area (Å²) in [5.74, 6) is 0. The molecule has 0 aliphatic carbocycles. The van der Waals surface area contributed by atoms with Gasteiger partial charge in [-0.25, -0.2) is 0 Å². The molecule has 1 rings (SSSR count). The molecule has 1 heterocycles. The van der Waals surface area contributed by atoms with E-state index in [1.165, 1.54) is 0 Å². The highest BCUT2D eigenvalue weighted by Crippen LogP contribution is 2.02. The van der Waals surface area contributed by atoms with E-state index < -0.39 is 0 Å². The van der Waals surface area contributed by atoms with E-state index in [1.54, 1.807) is 0 Å². The van der Waals surface area contributed by atoms with Crippen molar-refractivity contribution in [1.29, 1.82) is 0 Å². The van der Waals surface area contributed by atoms with Crippen molar-refractivity contribution in [2.45, 2.75) is 19.8 Å². The summed E-state index contributed by atoms with van der Waals surface area (Å²) < 4.78 is 0. The Hall–Kier alpha value is -1.19. The van der Waals surface area contributed by atoms with E-state index in [0.29, 0.717) is 5.69 Å². The van der Waals surface area contributed by atoms with Gasteiger partial charge in [-0.3, -0.25) is 9.89 Å². The van der Waals surface area contributed by atoms with Crippen molar-refractivity contribution in [2.75, 3.05) is 5.73 Å². The number of nitrogen functional groups attached to an aromatic ring is 1. The van der Waals surface area contributed by atoms with Crippen LogP contribution in [0.15, 0.2) is 4.79 Å². The molecule has 10 heavy (non-hydrogen) atoms. The molecule has 0 unspecified atom stereocenters. The molecular weight excluding hydrogens is 130 g/mol. The van der Waals surface area contributed by atoms with E-state index in [2.05, 4.69) is 10.2 Å². The zero-order chi connectivity index (χ0) is 7.56. The predicted molar refractivity (Wildman–Crippen MR) is 39.8 cm³/mol. The van der Waals surface area contributed by atoms with Crippen molar-refractivity contribution < 1.29 is 0 Å². The average molecular weight is 141 g/mol. The maximum absolute atomic E-state index is 10.7. The van der Waals surface area contributed by atoms with Gasteiger partial charge in [0.25, 0.3) is 5.56 Å². The summed E-state index contributed by atoms with van der Waals surface area (Å²) in [6.45, 7) is 2.03. The van der Waals surface area contributed by atoms with Gasteiger partial charge in [0.1, 0.15) is 5.69 Å². The number of rotatable bonds is 2. The molecule has 4 heteroatoms. The molecule has 4 nitrogen and oxygen atoms in total. The van der Waals surface area contributed by atoms with E-state index in [4.69, 9.17) is 5.73 Å². The van der Waals surface area contributed by atoms with Crippen LogP contribution >= 0.6 is 0 Å². The molecule has 1 aromatic rings. The Morgan fingerprint density at radius 3 is 2.60 bits per heavy atom. The monoisotopic (exact) mass is 141 g/mol. The first-order valence-corrected chi connectivity index (χ1v) is 3.30. The van der Waals surface area contributed by atoms with Crippen LogP contribution < -0.4 is 11.3 Å². The maximum Gasteiger partial charge on any atom is 0.287 e. The van der Waals surface area contributed by atoms with Crippen molar-refractivity contribution in [2.24, 2.45) is 0 Å². The molecule has 0 saturated carbocycles. The van der Waals surface area contributed by atoms with Crippen LogP contribution in [-0.4, -0.2) is 10.2 Å². The third-order valence-corrected chi connectivity index (χ3v) is 1.40. The second-order valence-corrected chi connectivity index (χ2v) is 2.22. The lowest BCUT2D eigenvalue weighted by molar-refractivity contribution is 0.867. The second-order valence-electron chi connectivity index (χ2n) is 2.22. The molecule has 56 valence electrons. The van der Waals surface area contributed by atoms with Crippen LogP contribution in [-0.2, 0) is 6.42 Å². The number of aromatic nitrogens is 2. The quantitative estimate of drug-likeness (QED) is 0.551. The van der Waals surface area contributed by atoms with Gasteiger partial charge >= 0.3 is 0 Å². The lowest BCUT2D eigenvalue weighted by atomic mass is 10.2. The molecule has 0 aliphatic heterocycles. The fourth-order valence-electron chi connectivity index (χ4n) is 0.851. The Morgan fingerprint density at radius 2 is 2.20 bits per heavy atom. The number of anilines is 1. The zero-order valence-electron chi connectivity index (χ0n) is 5.90. The highest BCUT2D eigenvalue weighted by atomic mass is 16.1. The standard InChI is InChI=1S/C6H11N3O/c1-2-3-4-5(7)6(10)9-8-4/h2-3,7H2,1H3,(H2,8,9,10). The number of hydrogen-bond acceptors (Lipinski definition) is 2. The lowest BCUT2D eigenvalue weighted by Gasteiger charge is -1.91. The lowest BCUT2D eigenvalue weighted by Crippen LogP contribution is -2.05. The summed E-state index contributed by atoms with van der Waals surface area (Å²) in [4.78, 5) is 10.7. The van der Waals surface area contributed by atoms with E-state index in [9.17, 15) is 4.79 Å². The number of H-pyrrole nitrogens is 2. The van der Waals surface area contributed by atoms with Crippen LogP contribution in [0.25, 0.3) is 0 Å². The number of nitrogens with one attached hydrogen (secondary N) is 2. The van der Waals surface area contributed by atoms with Crippen LogP contribution in [0.5, 0.6) is 0 Å². The first-order valence-electron chi connectivity index (χ1n) is 3.30. The Balaban J connectivity index is 2.94. The summed E-state index contributed by atoms with van der Waals surface area (Å²) in [5.41, 5.74) is 6.33. The van der Waals surface area contributed by atoms with Gasteiger partial charge in [-0.15, -0.1) is 0 Å². The van der Waals surface area contributed by atoms with Crippen LogP contribution in [0.2, 0.25) is 0 Å². The summed E-state index contributed by atoms with van der Waals surface area (Å²) in [6, 6.07) is 0. The van der Waals surface area contributed by atoms with Crippen molar-refractivity contribution in [3.63, 3.8) is 0 Å². The van der Waals surface area contributed by atoms with Crippen molar-refractivity contribution in [3.05, 3.63) is 16.0 Å². The highest BCUT2D eigenvalue weighted by Gasteiger charge is 2.02. The van der Waals surface area contributed by atoms with E-state index in [0.717, 1.165) is 18.5 Å². The normalized spacial score (nSPS) is 10.1. The summed E-state index contributed by atoms with van der Waals surface area (Å²) in [5, 5.41) is 5.13. The molecular formula is C6H11N3O. The smallest absolute Gasteiger partial charge is 0.287 e. The van der Waals surface area contributed by atoms with E-state index in [1.807, 2.05) is 6.92 Å². The fourth-order valence-corrected chi connectivity index (χ4v) is 0.851. The van der Waals surface area contributed by atoms with E-state index in [-0.39, 0.29) is 5.56 Å². The molecule has 0 amide bonds. The minimum atomic E-state index is -0.219. The Morgan fingerprint density at radius 1 is 1.50 bits per heavy atom. The van der Waals surface area contributed by atoms with Gasteiger partial charge in [-0.05, 0) is 6.42 Å². The molecule has 0 aliphatic rings. The van der Waals surface area contributed by atoms with Gasteiger partial charge < -0.3 is 10.8 Å². The second kappa shape index (κ2) is 2.60. The van der Waals surface area contributed by atoms with Crippen LogP contribution in [0.1, 0.15) is 19.0 Å². The minimum absolute atomic E-state index is 0.219. The third-order valence-electron chi connectivity index (χ3n) is 1.40. The van der Waals surface area contributed by atoms with Crippen molar-refractivity contribution in [1.82, 2.24) is 10.2 Å². The van der Waals surface area contributed by atoms with Crippen LogP contribution in [0.4, 0.5) is 5.69 Å². The molecule has 0 radical (unpaired) electrons. The van der Waals surface area contributed by atoms with Gasteiger partial charge in [-0.2, -0.15) is 0 Å². The molecule has 0 spiro atoms. The largest absolute Gasteiger partial charge is 0.393 e. The Bertz CT molecular complexity index is 260. The van der Waals surface area contributed by atoms with Gasteiger partial charge in [0.2, 0.25) is 0 Å².